The highest BCUT2D eigenvalue weighted by Crippen LogP contribution is 2.34. The summed E-state index contributed by atoms with van der Waals surface area (Å²) < 4.78 is 39.9. The number of alkyl halides is 3. The maximum atomic E-state index is 13.4. The van der Waals surface area contributed by atoms with Gasteiger partial charge in [0.1, 0.15) is 6.33 Å². The van der Waals surface area contributed by atoms with Gasteiger partial charge >= 0.3 is 6.18 Å². The summed E-state index contributed by atoms with van der Waals surface area (Å²) >= 11 is 1.28. The zero-order chi connectivity index (χ0) is 32.3. The van der Waals surface area contributed by atoms with Crippen LogP contribution in [-0.4, -0.2) is 27.6 Å². The van der Waals surface area contributed by atoms with Gasteiger partial charge in [0.05, 0.1) is 21.3 Å². The molecule has 0 atom stereocenters. The van der Waals surface area contributed by atoms with Gasteiger partial charge in [0.2, 0.25) is 0 Å². The van der Waals surface area contributed by atoms with E-state index in [1.54, 1.807) is 24.4 Å². The van der Waals surface area contributed by atoms with Gasteiger partial charge in [-0.2, -0.15) is 13.2 Å². The molecule has 0 radical (unpaired) electrons. The van der Waals surface area contributed by atoms with Crippen molar-refractivity contribution in [3.8, 4) is 0 Å². The lowest BCUT2D eigenvalue weighted by atomic mass is 10.0. The minimum absolute atomic E-state index is 0.124. The van der Waals surface area contributed by atoms with Crippen LogP contribution >= 0.6 is 11.3 Å². The summed E-state index contributed by atoms with van der Waals surface area (Å²) in [6, 6.07) is 14.5. The molecular weight excluding hydrogens is 603 g/mol. The topological polar surface area (TPSA) is 113 Å². The molecule has 2 aromatic heterocycles. The molecule has 0 saturated carbocycles. The van der Waals surface area contributed by atoms with E-state index in [-0.39, 0.29) is 23.5 Å². The van der Waals surface area contributed by atoms with Gasteiger partial charge in [0, 0.05) is 34.4 Å². The minimum atomic E-state index is -4.58. The Hall–Kier alpha value is -5.36. The molecule has 0 spiro atoms. The molecule has 45 heavy (non-hydrogen) atoms. The van der Waals surface area contributed by atoms with Crippen molar-refractivity contribution in [3.05, 3.63) is 118 Å². The summed E-state index contributed by atoms with van der Waals surface area (Å²) in [7, 11) is 0. The largest absolute Gasteiger partial charge is 0.416 e. The first kappa shape index (κ1) is 31.1. The Morgan fingerprint density at radius 2 is 1.71 bits per heavy atom. The molecule has 3 aromatic carbocycles. The van der Waals surface area contributed by atoms with E-state index >= 15 is 0 Å². The van der Waals surface area contributed by atoms with Crippen LogP contribution in [0.15, 0.2) is 85.0 Å². The number of anilines is 4. The number of carbonyl (C=O) groups is 3. The maximum absolute atomic E-state index is 13.4. The third-order valence-corrected chi connectivity index (χ3v) is 7.96. The first-order chi connectivity index (χ1) is 21.4. The number of benzene rings is 3. The Morgan fingerprint density at radius 1 is 0.933 bits per heavy atom. The fourth-order valence-corrected chi connectivity index (χ4v) is 5.54. The van der Waals surface area contributed by atoms with E-state index in [0.717, 1.165) is 35.0 Å². The fourth-order valence-electron chi connectivity index (χ4n) is 4.60. The predicted octanol–water partition coefficient (Wildman–Crippen LogP) is 7.87. The number of rotatable bonds is 9. The summed E-state index contributed by atoms with van der Waals surface area (Å²) in [4.78, 5) is 46.9. The zero-order valence-electron chi connectivity index (χ0n) is 24.1. The highest BCUT2D eigenvalue weighted by Gasteiger charge is 2.31. The smallest absolute Gasteiger partial charge is 0.338 e. The maximum Gasteiger partial charge on any atom is 0.416 e. The van der Waals surface area contributed by atoms with Crippen LogP contribution in [0.5, 0.6) is 0 Å². The molecule has 228 valence electrons. The zero-order valence-corrected chi connectivity index (χ0v) is 24.9. The number of carbonyl (C=O) groups excluding carboxylic acids is 3. The Bertz CT molecular complexity index is 1970. The van der Waals surface area contributed by atoms with Gasteiger partial charge in [-0.05, 0) is 66.9 Å². The number of hydrogen-bond donors (Lipinski definition) is 3. The molecule has 0 aliphatic rings. The van der Waals surface area contributed by atoms with Crippen LogP contribution in [0.3, 0.4) is 0 Å². The van der Waals surface area contributed by atoms with E-state index in [1.807, 2.05) is 25.1 Å². The summed E-state index contributed by atoms with van der Waals surface area (Å²) in [5, 5.41) is 10.4. The number of halogens is 3. The number of aryl methyl sites for hydroxylation is 2. The van der Waals surface area contributed by atoms with Gasteiger partial charge in [-0.15, -0.1) is 11.3 Å². The lowest BCUT2D eigenvalue weighted by Gasteiger charge is -2.14. The van der Waals surface area contributed by atoms with Crippen LogP contribution < -0.4 is 16.0 Å². The van der Waals surface area contributed by atoms with E-state index < -0.39 is 23.6 Å². The molecule has 0 bridgehead atoms. The third kappa shape index (κ3) is 6.91. The second-order valence-electron chi connectivity index (χ2n) is 10.1. The van der Waals surface area contributed by atoms with Crippen molar-refractivity contribution < 1.29 is 27.6 Å². The Labute approximate surface area is 260 Å². The molecule has 3 N–H and O–H groups in total. The Morgan fingerprint density at radius 3 is 2.47 bits per heavy atom. The molecule has 2 amide bonds. The number of ketones is 1. The number of allylic oxidation sites excluding steroid dienone is 1. The molecule has 5 aromatic rings. The number of fused-ring (bicyclic) bond motifs is 1. The van der Waals surface area contributed by atoms with Crippen LogP contribution in [0.2, 0.25) is 0 Å². The van der Waals surface area contributed by atoms with Gasteiger partial charge < -0.3 is 16.0 Å². The van der Waals surface area contributed by atoms with Gasteiger partial charge in [-0.25, -0.2) is 9.97 Å². The summed E-state index contributed by atoms with van der Waals surface area (Å²) in [6.45, 7) is 7.22. The van der Waals surface area contributed by atoms with Crippen molar-refractivity contribution >= 4 is 62.0 Å². The van der Waals surface area contributed by atoms with Crippen LogP contribution in [0, 0.1) is 13.8 Å². The van der Waals surface area contributed by atoms with E-state index in [0.29, 0.717) is 32.8 Å². The number of nitrogens with one attached hydrogen (secondary N) is 3. The van der Waals surface area contributed by atoms with Crippen LogP contribution in [-0.2, 0) is 17.4 Å². The summed E-state index contributed by atoms with van der Waals surface area (Å²) in [5.41, 5.74) is 3.40. The lowest BCUT2D eigenvalue weighted by molar-refractivity contribution is -0.137. The molecule has 8 nitrogen and oxygen atoms in total. The monoisotopic (exact) mass is 629 g/mol. The summed E-state index contributed by atoms with van der Waals surface area (Å²) in [5.74, 6) is -0.834. The van der Waals surface area contributed by atoms with Gasteiger partial charge in [-0.1, -0.05) is 36.9 Å². The Kier molecular flexibility index (Phi) is 8.77. The van der Waals surface area contributed by atoms with Crippen LogP contribution in [0.25, 0.3) is 10.2 Å². The Balaban J connectivity index is 1.37. The number of para-hydroxylation sites is 1. The van der Waals surface area contributed by atoms with Crippen molar-refractivity contribution in [1.82, 2.24) is 9.97 Å². The molecule has 0 saturated heterocycles. The molecule has 2 heterocycles. The van der Waals surface area contributed by atoms with Gasteiger partial charge in [-0.3, -0.25) is 14.4 Å². The third-order valence-electron chi connectivity index (χ3n) is 6.99. The molecule has 0 fully saturated rings. The molecule has 12 heteroatoms. The second-order valence-corrected chi connectivity index (χ2v) is 11.0. The van der Waals surface area contributed by atoms with E-state index in [2.05, 4.69) is 32.5 Å². The normalized spacial score (nSPS) is 11.2. The molecule has 0 aliphatic heterocycles. The lowest BCUT2D eigenvalue weighted by Crippen LogP contribution is -2.15. The number of hydrogen-bond acceptors (Lipinski definition) is 7. The fraction of sp³-hybridized carbons (Fsp3) is 0.121. The van der Waals surface area contributed by atoms with Crippen LogP contribution in [0.4, 0.5) is 36.1 Å². The number of aromatic nitrogens is 2. The number of amides is 2. The standard InChI is InChI=1S/C33H26F3N5O3S/c1-4-24(42)14-20-8-5-7-19(3)27(20)41-30-29-28(37-17-38-30)25(16-45-29)32(44)40-26-15-23(12-11-18(26)2)39-31(43)21-9-6-10-22(13-21)33(34,35)36/h4-13,15-17H,1,14H2,2-3H3,(H,39,43)(H,40,44)(H,37,38,41). The van der Waals surface area contributed by atoms with Gasteiger partial charge in [0.15, 0.2) is 11.6 Å². The van der Waals surface area contributed by atoms with Crippen molar-refractivity contribution in [1.29, 1.82) is 0 Å². The minimum Gasteiger partial charge on any atom is -0.338 e. The van der Waals surface area contributed by atoms with Crippen molar-refractivity contribution in [3.63, 3.8) is 0 Å². The number of thiophene rings is 1. The van der Waals surface area contributed by atoms with E-state index in [1.165, 1.54) is 35.9 Å². The quantitative estimate of drug-likeness (QED) is 0.143. The highest BCUT2D eigenvalue weighted by molar-refractivity contribution is 7.18. The first-order valence-corrected chi connectivity index (χ1v) is 14.5. The summed E-state index contributed by atoms with van der Waals surface area (Å²) in [6.07, 6.45) is -1.80. The van der Waals surface area contributed by atoms with Crippen molar-refractivity contribution in [2.24, 2.45) is 0 Å². The SMILES string of the molecule is C=CC(=O)Cc1cccc(C)c1Nc1ncnc2c(C(=O)Nc3cc(NC(=O)c4cccc(C(F)(F)F)c4)ccc3C)csc12. The first-order valence-electron chi connectivity index (χ1n) is 13.6. The second kappa shape index (κ2) is 12.7. The molecule has 5 rings (SSSR count). The van der Waals surface area contributed by atoms with Crippen LogP contribution in [0.1, 0.15) is 43.0 Å². The van der Waals surface area contributed by atoms with Crippen molar-refractivity contribution in [2.45, 2.75) is 26.4 Å². The number of nitrogens with zero attached hydrogens (tertiary/aromatic N) is 2. The van der Waals surface area contributed by atoms with Crippen molar-refractivity contribution in [2.75, 3.05) is 16.0 Å². The molecule has 0 aliphatic carbocycles. The average molecular weight is 630 g/mol. The molecule has 0 unspecified atom stereocenters. The average Bonchev–Trinajstić information content (AvgIpc) is 3.45. The van der Waals surface area contributed by atoms with Gasteiger partial charge in [0.25, 0.3) is 11.8 Å². The highest BCUT2D eigenvalue weighted by atomic mass is 32.1. The van der Waals surface area contributed by atoms with E-state index in [4.69, 9.17) is 0 Å². The van der Waals surface area contributed by atoms with E-state index in [9.17, 15) is 27.6 Å². The molecular formula is C33H26F3N5O3S. The predicted molar refractivity (Wildman–Crippen MR) is 169 cm³/mol.